The SMILES string of the molecule is CC(C)Cc1ccc([C@@H](CI)C(=O)NO)cc1. The number of halogens is 1. The van der Waals surface area contributed by atoms with Gasteiger partial charge in [0.05, 0.1) is 5.92 Å². The number of alkyl halides is 1. The van der Waals surface area contributed by atoms with Crippen molar-refractivity contribution in [2.75, 3.05) is 4.43 Å². The normalized spacial score (nSPS) is 12.5. The van der Waals surface area contributed by atoms with E-state index in [1.807, 2.05) is 12.1 Å². The zero-order valence-electron chi connectivity index (χ0n) is 10.1. The van der Waals surface area contributed by atoms with Crippen molar-refractivity contribution in [3.05, 3.63) is 35.4 Å². The van der Waals surface area contributed by atoms with Crippen molar-refractivity contribution in [1.29, 1.82) is 0 Å². The van der Waals surface area contributed by atoms with Crippen LogP contribution in [0.25, 0.3) is 0 Å². The molecule has 0 fully saturated rings. The minimum Gasteiger partial charge on any atom is -0.289 e. The molecule has 0 aliphatic heterocycles. The summed E-state index contributed by atoms with van der Waals surface area (Å²) in [6.45, 7) is 4.36. The highest BCUT2D eigenvalue weighted by atomic mass is 127. The standard InChI is InChI=1S/C13H18INO2/c1-9(2)7-10-3-5-11(6-4-10)12(8-14)13(16)15-17/h3-6,9,12,17H,7-8H2,1-2H3,(H,15,16)/t12-/m1/s1. The maximum absolute atomic E-state index is 11.4. The van der Waals surface area contributed by atoms with Crippen LogP contribution in [0.5, 0.6) is 0 Å². The van der Waals surface area contributed by atoms with Crippen molar-refractivity contribution in [2.24, 2.45) is 5.92 Å². The van der Waals surface area contributed by atoms with Gasteiger partial charge in [0.25, 0.3) is 5.91 Å². The molecule has 1 rings (SSSR count). The van der Waals surface area contributed by atoms with Crippen LogP contribution in [0.2, 0.25) is 0 Å². The number of nitrogens with one attached hydrogen (secondary N) is 1. The molecular formula is C13H18INO2. The summed E-state index contributed by atoms with van der Waals surface area (Å²) in [6, 6.07) is 8.05. The van der Waals surface area contributed by atoms with Gasteiger partial charge in [-0.3, -0.25) is 10.0 Å². The largest absolute Gasteiger partial charge is 0.289 e. The highest BCUT2D eigenvalue weighted by molar-refractivity contribution is 14.1. The van der Waals surface area contributed by atoms with Gasteiger partial charge in [-0.1, -0.05) is 60.7 Å². The molecule has 1 amide bonds. The summed E-state index contributed by atoms with van der Waals surface area (Å²) in [5.74, 6) is -0.00771. The first kappa shape index (κ1) is 14.4. The molecule has 0 saturated carbocycles. The van der Waals surface area contributed by atoms with Crippen LogP contribution in [0.1, 0.15) is 30.9 Å². The summed E-state index contributed by atoms with van der Waals surface area (Å²) in [7, 11) is 0. The second-order valence-electron chi connectivity index (χ2n) is 4.52. The Bertz CT molecular complexity index is 362. The quantitative estimate of drug-likeness (QED) is 0.372. The van der Waals surface area contributed by atoms with E-state index in [0.29, 0.717) is 10.3 Å². The zero-order valence-corrected chi connectivity index (χ0v) is 12.3. The third-order valence-electron chi connectivity index (χ3n) is 2.61. The third kappa shape index (κ3) is 4.27. The maximum atomic E-state index is 11.4. The Morgan fingerprint density at radius 2 is 1.94 bits per heavy atom. The van der Waals surface area contributed by atoms with E-state index in [4.69, 9.17) is 5.21 Å². The minimum atomic E-state index is -0.351. The molecule has 4 heteroatoms. The van der Waals surface area contributed by atoms with Crippen molar-refractivity contribution >= 4 is 28.5 Å². The number of rotatable bonds is 5. The van der Waals surface area contributed by atoms with Gasteiger partial charge in [-0.05, 0) is 23.5 Å². The number of carbonyl (C=O) groups is 1. The number of hydrogen-bond acceptors (Lipinski definition) is 2. The summed E-state index contributed by atoms with van der Waals surface area (Å²) >= 11 is 2.15. The fourth-order valence-electron chi connectivity index (χ4n) is 1.75. The van der Waals surface area contributed by atoms with Gasteiger partial charge in [-0.25, -0.2) is 5.48 Å². The molecule has 2 N–H and O–H groups in total. The first-order valence-corrected chi connectivity index (χ1v) is 7.19. The van der Waals surface area contributed by atoms with Gasteiger partial charge in [-0.2, -0.15) is 0 Å². The molecule has 1 aromatic rings. The van der Waals surface area contributed by atoms with Gasteiger partial charge in [-0.15, -0.1) is 0 Å². The van der Waals surface area contributed by atoms with Crippen LogP contribution in [0.4, 0.5) is 0 Å². The molecule has 0 aromatic heterocycles. The molecule has 0 aliphatic carbocycles. The second kappa shape index (κ2) is 6.96. The second-order valence-corrected chi connectivity index (χ2v) is 5.40. The van der Waals surface area contributed by atoms with E-state index in [2.05, 4.69) is 48.6 Å². The molecule has 1 atom stereocenters. The predicted molar refractivity (Wildman–Crippen MR) is 76.5 cm³/mol. The molecule has 0 aliphatic rings. The summed E-state index contributed by atoms with van der Waals surface area (Å²) in [5, 5.41) is 8.67. The first-order chi connectivity index (χ1) is 8.08. The number of hydrogen-bond donors (Lipinski definition) is 2. The predicted octanol–water partition coefficient (Wildman–Crippen LogP) is 2.91. The Balaban J connectivity index is 2.81. The van der Waals surface area contributed by atoms with Crippen LogP contribution in [0.3, 0.4) is 0 Å². The molecule has 0 spiro atoms. The van der Waals surface area contributed by atoms with Gasteiger partial charge in [0.1, 0.15) is 0 Å². The lowest BCUT2D eigenvalue weighted by molar-refractivity contribution is -0.130. The lowest BCUT2D eigenvalue weighted by atomic mass is 9.96. The maximum Gasteiger partial charge on any atom is 0.251 e. The topological polar surface area (TPSA) is 49.3 Å². The average molecular weight is 347 g/mol. The number of hydroxylamine groups is 1. The van der Waals surface area contributed by atoms with Crippen molar-refractivity contribution in [3.8, 4) is 0 Å². The van der Waals surface area contributed by atoms with Crippen LogP contribution < -0.4 is 5.48 Å². The Kier molecular flexibility index (Phi) is 5.91. The molecule has 1 aromatic carbocycles. The van der Waals surface area contributed by atoms with Gasteiger partial charge < -0.3 is 0 Å². The Labute approximate surface area is 116 Å². The Hall–Kier alpha value is -0.620. The van der Waals surface area contributed by atoms with Crippen LogP contribution in [-0.4, -0.2) is 15.5 Å². The highest BCUT2D eigenvalue weighted by Crippen LogP contribution is 2.20. The molecule has 0 radical (unpaired) electrons. The molecular weight excluding hydrogens is 329 g/mol. The van der Waals surface area contributed by atoms with Gasteiger partial charge >= 0.3 is 0 Å². The van der Waals surface area contributed by atoms with Crippen LogP contribution in [0, 0.1) is 5.92 Å². The van der Waals surface area contributed by atoms with E-state index in [-0.39, 0.29) is 11.8 Å². The molecule has 0 heterocycles. The molecule has 94 valence electrons. The lowest BCUT2D eigenvalue weighted by Crippen LogP contribution is -2.27. The summed E-state index contributed by atoms with van der Waals surface area (Å²) < 4.78 is 0.647. The van der Waals surface area contributed by atoms with E-state index in [0.717, 1.165) is 12.0 Å². The third-order valence-corrected chi connectivity index (χ3v) is 3.49. The van der Waals surface area contributed by atoms with E-state index in [1.165, 1.54) is 5.56 Å². The number of amides is 1. The molecule has 3 nitrogen and oxygen atoms in total. The minimum absolute atomic E-state index is 0.284. The smallest absolute Gasteiger partial charge is 0.251 e. The fraction of sp³-hybridized carbons (Fsp3) is 0.462. The molecule has 0 saturated heterocycles. The van der Waals surface area contributed by atoms with Crippen molar-refractivity contribution in [1.82, 2.24) is 5.48 Å². The van der Waals surface area contributed by atoms with Crippen LogP contribution >= 0.6 is 22.6 Å². The highest BCUT2D eigenvalue weighted by Gasteiger charge is 2.18. The summed E-state index contributed by atoms with van der Waals surface area (Å²) in [6.07, 6.45) is 1.04. The van der Waals surface area contributed by atoms with Gasteiger partial charge in [0, 0.05) is 4.43 Å². The molecule has 17 heavy (non-hydrogen) atoms. The first-order valence-electron chi connectivity index (χ1n) is 5.67. The van der Waals surface area contributed by atoms with E-state index in [9.17, 15) is 4.79 Å². The van der Waals surface area contributed by atoms with Crippen molar-refractivity contribution in [2.45, 2.75) is 26.2 Å². The monoisotopic (exact) mass is 347 g/mol. The van der Waals surface area contributed by atoms with Gasteiger partial charge in [0.2, 0.25) is 0 Å². The van der Waals surface area contributed by atoms with Crippen LogP contribution in [0.15, 0.2) is 24.3 Å². The summed E-state index contributed by atoms with van der Waals surface area (Å²) in [4.78, 5) is 11.4. The zero-order chi connectivity index (χ0) is 12.8. The van der Waals surface area contributed by atoms with Crippen molar-refractivity contribution < 1.29 is 10.0 Å². The number of carbonyl (C=O) groups excluding carboxylic acids is 1. The Morgan fingerprint density at radius 3 is 2.35 bits per heavy atom. The summed E-state index contributed by atoms with van der Waals surface area (Å²) in [5.41, 5.74) is 3.94. The van der Waals surface area contributed by atoms with E-state index in [1.54, 1.807) is 5.48 Å². The lowest BCUT2D eigenvalue weighted by Gasteiger charge is -2.13. The van der Waals surface area contributed by atoms with E-state index >= 15 is 0 Å². The number of benzene rings is 1. The fourth-order valence-corrected chi connectivity index (χ4v) is 2.65. The van der Waals surface area contributed by atoms with Crippen molar-refractivity contribution in [3.63, 3.8) is 0 Å². The van der Waals surface area contributed by atoms with Crippen LogP contribution in [-0.2, 0) is 11.2 Å². The Morgan fingerprint density at radius 1 is 1.35 bits per heavy atom. The molecule has 0 unspecified atom stereocenters. The average Bonchev–Trinajstić information content (AvgIpc) is 2.31. The van der Waals surface area contributed by atoms with Gasteiger partial charge in [0.15, 0.2) is 0 Å². The van der Waals surface area contributed by atoms with E-state index < -0.39 is 0 Å². The molecule has 0 bridgehead atoms.